The van der Waals surface area contributed by atoms with E-state index >= 15 is 0 Å². The summed E-state index contributed by atoms with van der Waals surface area (Å²) >= 11 is 11.2. The summed E-state index contributed by atoms with van der Waals surface area (Å²) in [6.45, 7) is 0. The van der Waals surface area contributed by atoms with E-state index in [1.165, 1.54) is 0 Å². The molecule has 0 radical (unpaired) electrons. The number of nitrogens with one attached hydrogen (secondary N) is 2. The standard InChI is InChI=1S/C22H16ClN3O3S/c1-28-17-4-2-3-14(11-17)20(27)26-22(30)24-16-9-10-19-18(12-16)25-21(29-19)13-5-7-15(23)8-6-13/h2-12H,1H3,(H2,24,26,27,30). The number of aromatic nitrogens is 1. The van der Waals surface area contributed by atoms with Crippen LogP contribution in [0.4, 0.5) is 5.69 Å². The van der Waals surface area contributed by atoms with Gasteiger partial charge in [-0.3, -0.25) is 10.1 Å². The molecule has 0 saturated heterocycles. The predicted octanol–water partition coefficient (Wildman–Crippen LogP) is 5.28. The molecule has 4 aromatic rings. The summed E-state index contributed by atoms with van der Waals surface area (Å²) in [5.41, 5.74) is 3.24. The van der Waals surface area contributed by atoms with Crippen molar-refractivity contribution in [1.82, 2.24) is 10.3 Å². The van der Waals surface area contributed by atoms with Crippen molar-refractivity contribution >= 4 is 51.6 Å². The normalized spacial score (nSPS) is 10.6. The molecule has 8 heteroatoms. The van der Waals surface area contributed by atoms with E-state index in [-0.39, 0.29) is 11.0 Å². The second-order valence-corrected chi connectivity index (χ2v) is 7.19. The van der Waals surface area contributed by atoms with E-state index in [4.69, 9.17) is 33.0 Å². The van der Waals surface area contributed by atoms with Gasteiger partial charge in [0.25, 0.3) is 5.91 Å². The van der Waals surface area contributed by atoms with E-state index in [1.54, 1.807) is 61.7 Å². The number of thiocarbonyl (C=S) groups is 1. The number of hydrogen-bond donors (Lipinski definition) is 2. The Labute approximate surface area is 182 Å². The minimum atomic E-state index is -0.334. The van der Waals surface area contributed by atoms with Crippen LogP contribution < -0.4 is 15.4 Å². The number of amides is 1. The summed E-state index contributed by atoms with van der Waals surface area (Å²) in [7, 11) is 1.54. The molecule has 0 unspecified atom stereocenters. The molecule has 0 spiro atoms. The van der Waals surface area contributed by atoms with Crippen molar-refractivity contribution in [1.29, 1.82) is 0 Å². The highest BCUT2D eigenvalue weighted by molar-refractivity contribution is 7.80. The number of methoxy groups -OCH3 is 1. The first-order valence-electron chi connectivity index (χ1n) is 8.95. The van der Waals surface area contributed by atoms with Crippen molar-refractivity contribution in [2.24, 2.45) is 0 Å². The van der Waals surface area contributed by atoms with E-state index in [0.29, 0.717) is 39.0 Å². The van der Waals surface area contributed by atoms with Gasteiger partial charge in [-0.2, -0.15) is 0 Å². The molecule has 0 aliphatic heterocycles. The molecule has 2 N–H and O–H groups in total. The van der Waals surface area contributed by atoms with Crippen LogP contribution >= 0.6 is 23.8 Å². The van der Waals surface area contributed by atoms with Gasteiger partial charge in [-0.05, 0) is 72.9 Å². The molecule has 1 amide bonds. The number of fused-ring (bicyclic) bond motifs is 1. The Bertz CT molecular complexity index is 1240. The summed E-state index contributed by atoms with van der Waals surface area (Å²) in [4.78, 5) is 16.9. The number of nitrogens with zero attached hydrogens (tertiary/aromatic N) is 1. The summed E-state index contributed by atoms with van der Waals surface area (Å²) in [6, 6.07) is 19.4. The lowest BCUT2D eigenvalue weighted by molar-refractivity contribution is 0.0977. The van der Waals surface area contributed by atoms with Crippen molar-refractivity contribution in [3.63, 3.8) is 0 Å². The third-order valence-electron chi connectivity index (χ3n) is 4.30. The Morgan fingerprint density at radius 3 is 2.67 bits per heavy atom. The van der Waals surface area contributed by atoms with Crippen LogP contribution in [0, 0.1) is 0 Å². The fraction of sp³-hybridized carbons (Fsp3) is 0.0455. The molecule has 0 atom stereocenters. The third kappa shape index (κ3) is 4.42. The minimum Gasteiger partial charge on any atom is -0.497 e. The maximum Gasteiger partial charge on any atom is 0.257 e. The Morgan fingerprint density at radius 2 is 1.90 bits per heavy atom. The van der Waals surface area contributed by atoms with Gasteiger partial charge in [0, 0.05) is 21.8 Å². The van der Waals surface area contributed by atoms with Crippen LogP contribution in [-0.4, -0.2) is 23.1 Å². The van der Waals surface area contributed by atoms with Gasteiger partial charge in [0.2, 0.25) is 5.89 Å². The zero-order valence-electron chi connectivity index (χ0n) is 15.8. The van der Waals surface area contributed by atoms with Crippen molar-refractivity contribution < 1.29 is 13.9 Å². The van der Waals surface area contributed by atoms with Gasteiger partial charge in [0.15, 0.2) is 10.7 Å². The van der Waals surface area contributed by atoms with Crippen molar-refractivity contribution in [3.8, 4) is 17.2 Å². The van der Waals surface area contributed by atoms with Gasteiger partial charge in [-0.1, -0.05) is 17.7 Å². The van der Waals surface area contributed by atoms with E-state index in [0.717, 1.165) is 5.56 Å². The maximum atomic E-state index is 12.4. The van der Waals surface area contributed by atoms with Crippen molar-refractivity contribution in [3.05, 3.63) is 77.3 Å². The predicted molar refractivity (Wildman–Crippen MR) is 121 cm³/mol. The van der Waals surface area contributed by atoms with Crippen LogP contribution in [0.5, 0.6) is 5.75 Å². The largest absolute Gasteiger partial charge is 0.497 e. The zero-order chi connectivity index (χ0) is 21.1. The fourth-order valence-electron chi connectivity index (χ4n) is 2.82. The number of benzene rings is 3. The van der Waals surface area contributed by atoms with Crippen LogP contribution in [0.25, 0.3) is 22.6 Å². The molecule has 150 valence electrons. The maximum absolute atomic E-state index is 12.4. The highest BCUT2D eigenvalue weighted by Gasteiger charge is 2.11. The van der Waals surface area contributed by atoms with Gasteiger partial charge >= 0.3 is 0 Å². The van der Waals surface area contributed by atoms with E-state index < -0.39 is 0 Å². The Hall–Kier alpha value is -3.42. The van der Waals surface area contributed by atoms with Gasteiger partial charge in [-0.15, -0.1) is 0 Å². The molecule has 0 fully saturated rings. The van der Waals surface area contributed by atoms with E-state index in [1.807, 2.05) is 12.1 Å². The third-order valence-corrected chi connectivity index (χ3v) is 4.75. The first-order valence-corrected chi connectivity index (χ1v) is 9.73. The van der Waals surface area contributed by atoms with Gasteiger partial charge in [0.1, 0.15) is 11.3 Å². The quantitative estimate of drug-likeness (QED) is 0.423. The second-order valence-electron chi connectivity index (χ2n) is 6.35. The Kier molecular flexibility index (Phi) is 5.65. The van der Waals surface area contributed by atoms with Crippen LogP contribution in [0.15, 0.2) is 71.1 Å². The zero-order valence-corrected chi connectivity index (χ0v) is 17.4. The number of hydrogen-bond acceptors (Lipinski definition) is 5. The number of oxazole rings is 1. The molecule has 30 heavy (non-hydrogen) atoms. The Balaban J connectivity index is 1.47. The van der Waals surface area contributed by atoms with Gasteiger partial charge in [0.05, 0.1) is 7.11 Å². The highest BCUT2D eigenvalue weighted by Crippen LogP contribution is 2.27. The first kappa shape index (κ1) is 19.9. The molecule has 0 saturated carbocycles. The first-order chi connectivity index (χ1) is 14.5. The molecular formula is C22H16ClN3O3S. The van der Waals surface area contributed by atoms with Crippen LogP contribution in [0.3, 0.4) is 0 Å². The number of carbonyl (C=O) groups excluding carboxylic acids is 1. The summed E-state index contributed by atoms with van der Waals surface area (Å²) in [5, 5.41) is 6.45. The average molecular weight is 438 g/mol. The monoisotopic (exact) mass is 437 g/mol. The number of anilines is 1. The SMILES string of the molecule is COc1cccc(C(=O)NC(=S)Nc2ccc3oc(-c4ccc(Cl)cc4)nc3c2)c1. The van der Waals surface area contributed by atoms with Crippen molar-refractivity contribution in [2.45, 2.75) is 0 Å². The summed E-state index contributed by atoms with van der Waals surface area (Å²) in [5.74, 6) is 0.751. The molecular weight excluding hydrogens is 422 g/mol. The second kappa shape index (κ2) is 8.52. The molecule has 4 rings (SSSR count). The average Bonchev–Trinajstić information content (AvgIpc) is 3.17. The smallest absolute Gasteiger partial charge is 0.257 e. The Morgan fingerprint density at radius 1 is 1.10 bits per heavy atom. The van der Waals surface area contributed by atoms with Gasteiger partial charge < -0.3 is 14.5 Å². The number of halogens is 1. The number of ether oxygens (including phenoxy) is 1. The van der Waals surface area contributed by atoms with Crippen molar-refractivity contribution in [2.75, 3.05) is 12.4 Å². The van der Waals surface area contributed by atoms with Crippen LogP contribution in [0.2, 0.25) is 5.02 Å². The fourth-order valence-corrected chi connectivity index (χ4v) is 3.16. The molecule has 6 nitrogen and oxygen atoms in total. The topological polar surface area (TPSA) is 76.4 Å². The molecule has 0 aliphatic rings. The van der Waals surface area contributed by atoms with E-state index in [9.17, 15) is 4.79 Å². The van der Waals surface area contributed by atoms with Crippen LogP contribution in [0.1, 0.15) is 10.4 Å². The number of rotatable bonds is 4. The highest BCUT2D eigenvalue weighted by atomic mass is 35.5. The molecule has 0 aliphatic carbocycles. The number of carbonyl (C=O) groups is 1. The molecule has 3 aromatic carbocycles. The molecule has 1 aromatic heterocycles. The van der Waals surface area contributed by atoms with E-state index in [2.05, 4.69) is 15.6 Å². The lowest BCUT2D eigenvalue weighted by Gasteiger charge is -2.10. The summed E-state index contributed by atoms with van der Waals surface area (Å²) in [6.07, 6.45) is 0. The lowest BCUT2D eigenvalue weighted by Crippen LogP contribution is -2.34. The molecule has 1 heterocycles. The minimum absolute atomic E-state index is 0.170. The van der Waals surface area contributed by atoms with Crippen LogP contribution in [-0.2, 0) is 0 Å². The van der Waals surface area contributed by atoms with Gasteiger partial charge in [-0.25, -0.2) is 4.98 Å². The molecule has 0 bridgehead atoms. The lowest BCUT2D eigenvalue weighted by atomic mass is 10.2. The summed E-state index contributed by atoms with van der Waals surface area (Å²) < 4.78 is 10.9.